The van der Waals surface area contributed by atoms with Crippen LogP contribution in [-0.4, -0.2) is 44.6 Å². The second-order valence-electron chi connectivity index (χ2n) is 6.96. The topological polar surface area (TPSA) is 94.1 Å². The van der Waals surface area contributed by atoms with E-state index in [9.17, 15) is 9.59 Å². The lowest BCUT2D eigenvalue weighted by atomic mass is 9.79. The van der Waals surface area contributed by atoms with Crippen LogP contribution in [-0.2, 0) is 4.79 Å². The summed E-state index contributed by atoms with van der Waals surface area (Å²) < 4.78 is 1.75. The van der Waals surface area contributed by atoms with Crippen LogP contribution in [0.25, 0.3) is 5.82 Å². The molecule has 132 valence electrons. The van der Waals surface area contributed by atoms with Crippen molar-refractivity contribution in [2.45, 2.75) is 33.6 Å². The van der Waals surface area contributed by atoms with Crippen molar-refractivity contribution >= 4 is 11.8 Å². The fourth-order valence-corrected chi connectivity index (χ4v) is 3.13. The van der Waals surface area contributed by atoms with Gasteiger partial charge in [-0.05, 0) is 44.9 Å². The summed E-state index contributed by atoms with van der Waals surface area (Å²) in [5.74, 6) is 0.316. The highest BCUT2D eigenvalue weighted by Crippen LogP contribution is 2.30. The van der Waals surface area contributed by atoms with Gasteiger partial charge >= 0.3 is 0 Å². The second-order valence-corrected chi connectivity index (χ2v) is 6.96. The van der Waals surface area contributed by atoms with Crippen molar-refractivity contribution in [3.8, 4) is 5.82 Å². The summed E-state index contributed by atoms with van der Waals surface area (Å²) in [6.45, 7) is 6.80. The van der Waals surface area contributed by atoms with E-state index in [0.29, 0.717) is 37.3 Å². The molecule has 2 N–H and O–H groups in total. The van der Waals surface area contributed by atoms with Gasteiger partial charge in [0.05, 0.1) is 11.3 Å². The molecule has 2 aromatic heterocycles. The molecule has 3 heterocycles. The van der Waals surface area contributed by atoms with Gasteiger partial charge in [-0.25, -0.2) is 9.67 Å². The summed E-state index contributed by atoms with van der Waals surface area (Å²) >= 11 is 0. The van der Waals surface area contributed by atoms with E-state index in [0.717, 1.165) is 11.4 Å². The molecule has 0 radical (unpaired) electrons. The lowest BCUT2D eigenvalue weighted by Crippen LogP contribution is -2.47. The molecule has 0 spiro atoms. The Hall–Kier alpha value is -2.70. The van der Waals surface area contributed by atoms with Crippen LogP contribution in [0, 0.1) is 19.3 Å². The number of hydrogen-bond acceptors (Lipinski definition) is 4. The number of rotatable bonds is 3. The SMILES string of the molecule is Cc1cc(C)n(-c2ccc(C(=O)N3CCC(C)(C(N)=O)CC3)cn2)n1. The lowest BCUT2D eigenvalue weighted by molar-refractivity contribution is -0.129. The minimum Gasteiger partial charge on any atom is -0.369 e. The molecular formula is C18H23N5O2. The van der Waals surface area contributed by atoms with Crippen molar-refractivity contribution in [1.82, 2.24) is 19.7 Å². The molecule has 7 nitrogen and oxygen atoms in total. The maximum absolute atomic E-state index is 12.6. The molecule has 1 aliphatic heterocycles. The van der Waals surface area contributed by atoms with Crippen molar-refractivity contribution in [2.24, 2.45) is 11.1 Å². The highest BCUT2D eigenvalue weighted by atomic mass is 16.2. The van der Waals surface area contributed by atoms with Crippen molar-refractivity contribution < 1.29 is 9.59 Å². The van der Waals surface area contributed by atoms with E-state index in [-0.39, 0.29) is 11.8 Å². The first-order valence-corrected chi connectivity index (χ1v) is 8.39. The molecule has 0 atom stereocenters. The van der Waals surface area contributed by atoms with Gasteiger partial charge in [-0.3, -0.25) is 9.59 Å². The quantitative estimate of drug-likeness (QED) is 0.918. The van der Waals surface area contributed by atoms with Gasteiger partial charge in [-0.15, -0.1) is 0 Å². The van der Waals surface area contributed by atoms with E-state index in [1.165, 1.54) is 0 Å². The summed E-state index contributed by atoms with van der Waals surface area (Å²) in [5, 5.41) is 4.39. The molecule has 3 rings (SSSR count). The minimum atomic E-state index is -0.519. The molecule has 0 aromatic carbocycles. The normalized spacial score (nSPS) is 16.7. The molecule has 1 aliphatic rings. The Kier molecular flexibility index (Phi) is 4.32. The van der Waals surface area contributed by atoms with Crippen LogP contribution in [0.1, 0.15) is 41.5 Å². The van der Waals surface area contributed by atoms with E-state index in [4.69, 9.17) is 5.73 Å². The maximum atomic E-state index is 12.6. The number of hydrogen-bond donors (Lipinski definition) is 1. The number of aryl methyl sites for hydroxylation is 2. The Morgan fingerprint density at radius 1 is 1.20 bits per heavy atom. The number of pyridine rings is 1. The Morgan fingerprint density at radius 3 is 2.36 bits per heavy atom. The van der Waals surface area contributed by atoms with Crippen LogP contribution in [0.15, 0.2) is 24.4 Å². The molecule has 7 heteroatoms. The Balaban J connectivity index is 1.72. The van der Waals surface area contributed by atoms with Crippen LogP contribution in [0.5, 0.6) is 0 Å². The highest BCUT2D eigenvalue weighted by molar-refractivity contribution is 5.94. The van der Waals surface area contributed by atoms with E-state index < -0.39 is 5.41 Å². The number of primary amides is 1. The average Bonchev–Trinajstić information content (AvgIpc) is 2.93. The van der Waals surface area contributed by atoms with E-state index in [1.54, 1.807) is 27.9 Å². The predicted octanol–water partition coefficient (Wildman–Crippen LogP) is 1.61. The summed E-state index contributed by atoms with van der Waals surface area (Å²) in [6, 6.07) is 5.54. The zero-order valence-corrected chi connectivity index (χ0v) is 14.8. The molecule has 2 aromatic rings. The van der Waals surface area contributed by atoms with E-state index in [2.05, 4.69) is 10.1 Å². The van der Waals surface area contributed by atoms with Gasteiger partial charge < -0.3 is 10.6 Å². The van der Waals surface area contributed by atoms with E-state index in [1.807, 2.05) is 26.8 Å². The molecule has 0 aliphatic carbocycles. The molecule has 0 saturated carbocycles. The third-order valence-electron chi connectivity index (χ3n) is 4.97. The largest absolute Gasteiger partial charge is 0.369 e. The first kappa shape index (κ1) is 17.1. The number of nitrogens with two attached hydrogens (primary N) is 1. The average molecular weight is 341 g/mol. The fraction of sp³-hybridized carbons (Fsp3) is 0.444. The fourth-order valence-electron chi connectivity index (χ4n) is 3.13. The Morgan fingerprint density at radius 2 is 1.88 bits per heavy atom. The first-order chi connectivity index (χ1) is 11.8. The number of nitrogens with zero attached hydrogens (tertiary/aromatic N) is 4. The van der Waals surface area contributed by atoms with Gasteiger partial charge in [0.2, 0.25) is 5.91 Å². The number of likely N-dealkylation sites (tertiary alicyclic amines) is 1. The molecule has 1 saturated heterocycles. The number of carbonyl (C=O) groups is 2. The monoisotopic (exact) mass is 341 g/mol. The van der Waals surface area contributed by atoms with E-state index >= 15 is 0 Å². The standard InChI is InChI=1S/C18H23N5O2/c1-12-10-13(2)23(21-12)15-5-4-14(11-20-15)16(24)22-8-6-18(3,7-9-22)17(19)25/h4-5,10-11H,6-9H2,1-3H3,(H2,19,25). The van der Waals surface area contributed by atoms with Gasteiger partial charge in [0, 0.05) is 30.4 Å². The van der Waals surface area contributed by atoms with Crippen molar-refractivity contribution in [3.05, 3.63) is 41.3 Å². The Bertz CT molecular complexity index is 801. The van der Waals surface area contributed by atoms with Crippen LogP contribution >= 0.6 is 0 Å². The van der Waals surface area contributed by atoms with Gasteiger partial charge in [0.25, 0.3) is 5.91 Å². The van der Waals surface area contributed by atoms with Crippen molar-refractivity contribution in [1.29, 1.82) is 0 Å². The summed E-state index contributed by atoms with van der Waals surface area (Å²) in [7, 11) is 0. The molecule has 25 heavy (non-hydrogen) atoms. The number of piperidine rings is 1. The molecule has 0 bridgehead atoms. The number of amides is 2. The first-order valence-electron chi connectivity index (χ1n) is 8.39. The summed E-state index contributed by atoms with van der Waals surface area (Å²) in [6.07, 6.45) is 2.76. The lowest BCUT2D eigenvalue weighted by Gasteiger charge is -2.37. The third-order valence-corrected chi connectivity index (χ3v) is 4.97. The molecule has 0 unspecified atom stereocenters. The highest BCUT2D eigenvalue weighted by Gasteiger charge is 2.36. The van der Waals surface area contributed by atoms with Crippen LogP contribution < -0.4 is 5.73 Å². The third kappa shape index (κ3) is 3.26. The maximum Gasteiger partial charge on any atom is 0.255 e. The van der Waals surface area contributed by atoms with Crippen LogP contribution in [0.3, 0.4) is 0 Å². The second kappa shape index (κ2) is 6.31. The predicted molar refractivity (Wildman–Crippen MR) is 93.3 cm³/mol. The van der Waals surface area contributed by atoms with Gasteiger partial charge in [-0.2, -0.15) is 5.10 Å². The summed E-state index contributed by atoms with van der Waals surface area (Å²) in [4.78, 5) is 30.3. The molecule has 2 amide bonds. The van der Waals surface area contributed by atoms with Crippen molar-refractivity contribution in [2.75, 3.05) is 13.1 Å². The van der Waals surface area contributed by atoms with Crippen LogP contribution in [0.4, 0.5) is 0 Å². The Labute approximate surface area is 146 Å². The number of aromatic nitrogens is 3. The zero-order chi connectivity index (χ0) is 18.2. The number of carbonyl (C=O) groups excluding carboxylic acids is 2. The molecule has 1 fully saturated rings. The zero-order valence-electron chi connectivity index (χ0n) is 14.8. The van der Waals surface area contributed by atoms with Crippen molar-refractivity contribution in [3.63, 3.8) is 0 Å². The smallest absolute Gasteiger partial charge is 0.255 e. The van der Waals surface area contributed by atoms with Gasteiger partial charge in [0.15, 0.2) is 5.82 Å². The van der Waals surface area contributed by atoms with Crippen LogP contribution in [0.2, 0.25) is 0 Å². The summed E-state index contributed by atoms with van der Waals surface area (Å²) in [5.41, 5.74) is 7.39. The van der Waals surface area contributed by atoms with Gasteiger partial charge in [0.1, 0.15) is 0 Å². The van der Waals surface area contributed by atoms with Gasteiger partial charge in [-0.1, -0.05) is 6.92 Å². The minimum absolute atomic E-state index is 0.0704. The molecular weight excluding hydrogens is 318 g/mol.